The molecular formula is C31H46N2Ni. The second-order valence-corrected chi connectivity index (χ2v) is 9.63. The van der Waals surface area contributed by atoms with Crippen molar-refractivity contribution in [2.24, 2.45) is 9.98 Å². The number of benzene rings is 2. The first-order valence-corrected chi connectivity index (χ1v) is 13.2. The Labute approximate surface area is 219 Å². The third kappa shape index (κ3) is 10.7. The minimum Gasteiger partial charge on any atom is -0.252 e. The molecule has 0 saturated carbocycles. The van der Waals surface area contributed by atoms with E-state index in [1.807, 2.05) is 0 Å². The zero-order valence-electron chi connectivity index (χ0n) is 22.5. The Morgan fingerprint density at radius 3 is 1.35 bits per heavy atom. The van der Waals surface area contributed by atoms with Gasteiger partial charge in [-0.1, -0.05) is 70.9 Å². The van der Waals surface area contributed by atoms with Crippen molar-refractivity contribution in [1.29, 1.82) is 0 Å². The van der Waals surface area contributed by atoms with Gasteiger partial charge in [-0.25, -0.2) is 0 Å². The normalized spacial score (nSPS) is 12.1. The van der Waals surface area contributed by atoms with Gasteiger partial charge in [0.2, 0.25) is 0 Å². The van der Waals surface area contributed by atoms with Crippen LogP contribution in [-0.2, 0) is 16.5 Å². The van der Waals surface area contributed by atoms with Crippen LogP contribution >= 0.6 is 0 Å². The van der Waals surface area contributed by atoms with Gasteiger partial charge in [-0.15, -0.1) is 0 Å². The van der Waals surface area contributed by atoms with Gasteiger partial charge < -0.3 is 0 Å². The summed E-state index contributed by atoms with van der Waals surface area (Å²) in [5.74, 6) is 0. The van der Waals surface area contributed by atoms with Gasteiger partial charge in [0, 0.05) is 16.5 Å². The fraction of sp³-hybridized carbons (Fsp3) is 0.548. The van der Waals surface area contributed by atoms with Crippen LogP contribution in [0.5, 0.6) is 0 Å². The maximum atomic E-state index is 5.20. The monoisotopic (exact) mass is 504 g/mol. The molecule has 0 aliphatic heterocycles. The third-order valence-electron chi connectivity index (χ3n) is 6.63. The molecule has 0 unspecified atom stereocenters. The molecule has 0 saturated heterocycles. The van der Waals surface area contributed by atoms with Crippen LogP contribution in [0.3, 0.4) is 0 Å². The Bertz CT molecular complexity index is 927. The summed E-state index contributed by atoms with van der Waals surface area (Å²) in [5.41, 5.74) is 9.71. The maximum Gasteiger partial charge on any atom is 0.0636 e. The molecule has 0 spiro atoms. The molecule has 3 heteroatoms. The Kier molecular flexibility index (Phi) is 15.0. The summed E-state index contributed by atoms with van der Waals surface area (Å²) in [6.45, 7) is 13.2. The Hall–Kier alpha value is -1.73. The van der Waals surface area contributed by atoms with E-state index in [4.69, 9.17) is 9.98 Å². The molecule has 0 heterocycles. The van der Waals surface area contributed by atoms with Crippen LogP contribution in [0.1, 0.15) is 107 Å². The Morgan fingerprint density at radius 1 is 0.529 bits per heavy atom. The van der Waals surface area contributed by atoms with Crippen LogP contribution < -0.4 is 0 Å². The largest absolute Gasteiger partial charge is 0.252 e. The predicted octanol–water partition coefficient (Wildman–Crippen LogP) is 10.1. The maximum absolute atomic E-state index is 5.20. The van der Waals surface area contributed by atoms with Crippen molar-refractivity contribution in [2.75, 3.05) is 0 Å². The van der Waals surface area contributed by atoms with E-state index in [-0.39, 0.29) is 16.5 Å². The average molecular weight is 505 g/mol. The van der Waals surface area contributed by atoms with Gasteiger partial charge in [0.25, 0.3) is 0 Å². The van der Waals surface area contributed by atoms with E-state index in [0.717, 1.165) is 24.2 Å². The van der Waals surface area contributed by atoms with Crippen molar-refractivity contribution in [3.8, 4) is 0 Å². The topological polar surface area (TPSA) is 24.7 Å². The van der Waals surface area contributed by atoms with Crippen molar-refractivity contribution >= 4 is 22.8 Å². The first kappa shape index (κ1) is 30.3. The summed E-state index contributed by atoms with van der Waals surface area (Å²) in [6, 6.07) is 13.1. The van der Waals surface area contributed by atoms with Gasteiger partial charge in [-0.3, -0.25) is 9.98 Å². The van der Waals surface area contributed by atoms with Crippen molar-refractivity contribution in [2.45, 2.75) is 112 Å². The third-order valence-corrected chi connectivity index (χ3v) is 6.63. The molecule has 0 bridgehead atoms. The molecule has 2 nitrogen and oxygen atoms in total. The first-order chi connectivity index (χ1) is 15.9. The molecule has 0 aliphatic rings. The predicted molar refractivity (Wildman–Crippen MR) is 148 cm³/mol. The number of rotatable bonds is 14. The minimum atomic E-state index is 0. The molecule has 2 aromatic rings. The zero-order chi connectivity index (χ0) is 24.1. The van der Waals surface area contributed by atoms with Crippen molar-refractivity contribution < 1.29 is 16.5 Å². The molecule has 2 aromatic carbocycles. The molecule has 0 aliphatic carbocycles. The van der Waals surface area contributed by atoms with Crippen LogP contribution in [0.25, 0.3) is 0 Å². The van der Waals surface area contributed by atoms with E-state index in [9.17, 15) is 0 Å². The van der Waals surface area contributed by atoms with Gasteiger partial charge in [0.05, 0.1) is 22.8 Å². The van der Waals surface area contributed by atoms with Gasteiger partial charge in [0.15, 0.2) is 0 Å². The molecule has 0 aromatic heterocycles. The van der Waals surface area contributed by atoms with Crippen molar-refractivity contribution in [3.63, 3.8) is 0 Å². The zero-order valence-corrected chi connectivity index (χ0v) is 23.4. The molecule has 0 N–H and O–H groups in total. The van der Waals surface area contributed by atoms with Crippen LogP contribution in [0.15, 0.2) is 46.4 Å². The molecular weight excluding hydrogens is 459 g/mol. The molecule has 0 amide bonds. The molecule has 190 valence electrons. The van der Waals surface area contributed by atoms with Gasteiger partial charge in [-0.2, -0.15) is 0 Å². The van der Waals surface area contributed by atoms with E-state index in [1.165, 1.54) is 91.5 Å². The van der Waals surface area contributed by atoms with E-state index in [1.54, 1.807) is 0 Å². The summed E-state index contributed by atoms with van der Waals surface area (Å²) in [5, 5.41) is 0. The van der Waals surface area contributed by atoms with E-state index < -0.39 is 0 Å². The Balaban J connectivity index is 0.00000578. The van der Waals surface area contributed by atoms with E-state index in [0.29, 0.717) is 0 Å². The summed E-state index contributed by atoms with van der Waals surface area (Å²) in [4.78, 5) is 10.4. The molecule has 0 atom stereocenters. The Morgan fingerprint density at radius 2 is 0.912 bits per heavy atom. The van der Waals surface area contributed by atoms with Crippen LogP contribution in [0.2, 0.25) is 0 Å². The number of unbranched alkanes of at least 4 members (excludes halogenated alkanes) is 7. The van der Waals surface area contributed by atoms with Gasteiger partial charge in [0.1, 0.15) is 0 Å². The quantitative estimate of drug-likeness (QED) is 0.139. The fourth-order valence-corrected chi connectivity index (χ4v) is 4.05. The van der Waals surface area contributed by atoms with E-state index >= 15 is 0 Å². The molecule has 0 fully saturated rings. The summed E-state index contributed by atoms with van der Waals surface area (Å²) in [7, 11) is 0. The first-order valence-electron chi connectivity index (χ1n) is 13.2. The summed E-state index contributed by atoms with van der Waals surface area (Å²) in [6.07, 6.45) is 13.4. The summed E-state index contributed by atoms with van der Waals surface area (Å²) < 4.78 is 0. The molecule has 0 radical (unpaired) electrons. The second kappa shape index (κ2) is 16.8. The van der Waals surface area contributed by atoms with Crippen molar-refractivity contribution in [3.05, 3.63) is 58.7 Å². The number of hydrogen-bond acceptors (Lipinski definition) is 2. The van der Waals surface area contributed by atoms with Crippen LogP contribution in [0.4, 0.5) is 11.4 Å². The average Bonchev–Trinajstić information content (AvgIpc) is 2.79. The molecule has 2 rings (SSSR count). The standard InChI is InChI=1S/C31H46N2.Ni/c1-7-9-11-12-13-15-17-31(33-29-21-19-25(4)27(6)23-29)30(16-14-10-8-2)32-28-20-18-24(3)26(5)22-28;/h18-23H,7-17H2,1-6H3;. The number of hydrogen-bond donors (Lipinski definition) is 0. The fourth-order valence-electron chi connectivity index (χ4n) is 4.05. The van der Waals surface area contributed by atoms with Gasteiger partial charge in [-0.05, 0) is 99.9 Å². The number of aliphatic imine (C=N–C) groups is 2. The molecule has 34 heavy (non-hydrogen) atoms. The number of aryl methyl sites for hydroxylation is 4. The van der Waals surface area contributed by atoms with Gasteiger partial charge >= 0.3 is 0 Å². The minimum absolute atomic E-state index is 0. The van der Waals surface area contributed by atoms with Crippen molar-refractivity contribution in [1.82, 2.24) is 0 Å². The van der Waals surface area contributed by atoms with E-state index in [2.05, 4.69) is 77.9 Å². The SMILES string of the molecule is CCCCCCCCC(=Nc1ccc(C)c(C)c1)C(CCCCC)=Nc1ccc(C)c(C)c1.[Ni]. The van der Waals surface area contributed by atoms with Crippen LogP contribution in [0, 0.1) is 27.7 Å². The summed E-state index contributed by atoms with van der Waals surface area (Å²) >= 11 is 0. The smallest absolute Gasteiger partial charge is 0.0636 e. The number of nitrogens with zero attached hydrogens (tertiary/aromatic N) is 2. The van der Waals surface area contributed by atoms with Crippen LogP contribution in [-0.4, -0.2) is 11.4 Å². The second-order valence-electron chi connectivity index (χ2n) is 9.63.